The van der Waals surface area contributed by atoms with Crippen molar-refractivity contribution in [3.8, 4) is 6.07 Å². The maximum Gasteiger partial charge on any atom is 0.255 e. The zero-order chi connectivity index (χ0) is 15.4. The summed E-state index contributed by atoms with van der Waals surface area (Å²) >= 11 is 6.05. The van der Waals surface area contributed by atoms with Gasteiger partial charge in [-0.2, -0.15) is 5.26 Å². The Hall–Kier alpha value is -2.51. The molecule has 0 heterocycles. The Bertz CT molecular complexity index is 722. The van der Waals surface area contributed by atoms with Gasteiger partial charge in [0, 0.05) is 19.3 Å². The van der Waals surface area contributed by atoms with E-state index in [2.05, 4.69) is 6.07 Å². The van der Waals surface area contributed by atoms with Crippen LogP contribution in [0.25, 0.3) is 0 Å². The Morgan fingerprint density at radius 1 is 1.33 bits per heavy atom. The van der Waals surface area contributed by atoms with Gasteiger partial charge >= 0.3 is 0 Å². The number of hydrogen-bond acceptors (Lipinski definition) is 3. The van der Waals surface area contributed by atoms with E-state index in [0.29, 0.717) is 28.4 Å². The molecule has 0 aromatic heterocycles. The van der Waals surface area contributed by atoms with Gasteiger partial charge in [0.2, 0.25) is 0 Å². The molecule has 0 aliphatic rings. The van der Waals surface area contributed by atoms with E-state index in [1.807, 2.05) is 6.07 Å². The third-order valence-corrected chi connectivity index (χ3v) is 3.36. The van der Waals surface area contributed by atoms with E-state index >= 15 is 0 Å². The molecule has 2 N–H and O–H groups in total. The van der Waals surface area contributed by atoms with Gasteiger partial charge in [0.25, 0.3) is 5.91 Å². The normalized spacial score (nSPS) is 9.95. The summed E-state index contributed by atoms with van der Waals surface area (Å²) < 4.78 is 0. The molecule has 2 aromatic carbocycles. The average Bonchev–Trinajstić information content (AvgIpc) is 2.46. The third kappa shape index (κ3) is 3.53. The number of hydrogen-bond donors (Lipinski definition) is 1. The van der Waals surface area contributed by atoms with Crippen LogP contribution in [0, 0.1) is 11.3 Å². The molecule has 0 saturated carbocycles. The molecule has 2 rings (SSSR count). The second kappa shape index (κ2) is 6.29. The summed E-state index contributed by atoms with van der Waals surface area (Å²) in [5.41, 5.74) is 8.00. The summed E-state index contributed by atoms with van der Waals surface area (Å²) in [5, 5.41) is 9.22. The fraction of sp³-hybridized carbons (Fsp3) is 0.125. The minimum atomic E-state index is -0.192. The number of nitrogens with zero attached hydrogens (tertiary/aromatic N) is 2. The highest BCUT2D eigenvalue weighted by Gasteiger charge is 2.15. The quantitative estimate of drug-likeness (QED) is 0.885. The van der Waals surface area contributed by atoms with Crippen LogP contribution in [0.4, 0.5) is 5.69 Å². The average molecular weight is 300 g/mol. The smallest absolute Gasteiger partial charge is 0.255 e. The molecule has 4 nitrogen and oxygen atoms in total. The number of halogens is 1. The Labute approximate surface area is 128 Å². The highest BCUT2D eigenvalue weighted by atomic mass is 35.5. The monoisotopic (exact) mass is 299 g/mol. The molecule has 21 heavy (non-hydrogen) atoms. The molecule has 0 unspecified atom stereocenters. The zero-order valence-corrected chi connectivity index (χ0v) is 12.3. The molecule has 0 radical (unpaired) electrons. The Morgan fingerprint density at radius 3 is 2.76 bits per heavy atom. The van der Waals surface area contributed by atoms with Crippen molar-refractivity contribution in [1.82, 2.24) is 4.90 Å². The summed E-state index contributed by atoms with van der Waals surface area (Å²) in [6, 6.07) is 14.0. The molecule has 0 atom stereocenters. The summed E-state index contributed by atoms with van der Waals surface area (Å²) in [7, 11) is 1.69. The molecule has 2 aromatic rings. The van der Waals surface area contributed by atoms with Crippen molar-refractivity contribution >= 4 is 23.2 Å². The van der Waals surface area contributed by atoms with Crippen molar-refractivity contribution in [3.63, 3.8) is 0 Å². The minimum absolute atomic E-state index is 0.192. The summed E-state index contributed by atoms with van der Waals surface area (Å²) in [5.74, 6) is -0.192. The van der Waals surface area contributed by atoms with Crippen LogP contribution in [0.3, 0.4) is 0 Å². The maximum absolute atomic E-state index is 12.4. The van der Waals surface area contributed by atoms with E-state index in [-0.39, 0.29) is 5.91 Å². The molecule has 0 bridgehead atoms. The first-order valence-electron chi connectivity index (χ1n) is 6.31. The fourth-order valence-corrected chi connectivity index (χ4v) is 2.27. The van der Waals surface area contributed by atoms with E-state index in [4.69, 9.17) is 22.6 Å². The number of carbonyl (C=O) groups is 1. The lowest BCUT2D eigenvalue weighted by atomic mass is 10.1. The van der Waals surface area contributed by atoms with Crippen LogP contribution >= 0.6 is 11.6 Å². The van der Waals surface area contributed by atoms with Crippen molar-refractivity contribution in [2.24, 2.45) is 0 Å². The first-order chi connectivity index (χ1) is 10.0. The van der Waals surface area contributed by atoms with E-state index in [0.717, 1.165) is 5.56 Å². The topological polar surface area (TPSA) is 70.1 Å². The first kappa shape index (κ1) is 14.9. The molecular weight excluding hydrogens is 286 g/mol. The van der Waals surface area contributed by atoms with Gasteiger partial charge in [0.05, 0.1) is 22.2 Å². The van der Waals surface area contributed by atoms with Crippen molar-refractivity contribution in [3.05, 3.63) is 64.2 Å². The van der Waals surface area contributed by atoms with Crippen molar-refractivity contribution in [2.75, 3.05) is 12.8 Å². The second-order valence-corrected chi connectivity index (χ2v) is 5.12. The number of benzene rings is 2. The highest BCUT2D eigenvalue weighted by molar-refractivity contribution is 6.34. The van der Waals surface area contributed by atoms with Gasteiger partial charge in [-0.05, 0) is 35.9 Å². The second-order valence-electron chi connectivity index (χ2n) is 4.71. The number of nitrogen functional groups attached to an aromatic ring is 1. The zero-order valence-electron chi connectivity index (χ0n) is 11.5. The van der Waals surface area contributed by atoms with Gasteiger partial charge in [0.1, 0.15) is 0 Å². The fourth-order valence-electron chi connectivity index (χ4n) is 2.00. The number of anilines is 1. The van der Waals surface area contributed by atoms with Gasteiger partial charge in [-0.1, -0.05) is 23.7 Å². The standard InChI is InChI=1S/C16H14ClN3O/c1-20(10-12-4-2-3-11(7-12)9-18)16(21)14-6-5-13(19)8-15(14)17/h2-8H,10,19H2,1H3. The predicted molar refractivity (Wildman–Crippen MR) is 82.8 cm³/mol. The Kier molecular flexibility index (Phi) is 4.46. The van der Waals surface area contributed by atoms with E-state index in [9.17, 15) is 4.79 Å². The largest absolute Gasteiger partial charge is 0.399 e. The van der Waals surface area contributed by atoms with Crippen LogP contribution in [0.2, 0.25) is 5.02 Å². The lowest BCUT2D eigenvalue weighted by Gasteiger charge is -2.18. The molecule has 1 amide bonds. The van der Waals surface area contributed by atoms with Crippen molar-refractivity contribution in [1.29, 1.82) is 5.26 Å². The Balaban J connectivity index is 2.17. The van der Waals surface area contributed by atoms with Crippen LogP contribution in [-0.2, 0) is 6.54 Å². The van der Waals surface area contributed by atoms with Gasteiger partial charge in [0.15, 0.2) is 0 Å². The van der Waals surface area contributed by atoms with Crippen LogP contribution < -0.4 is 5.73 Å². The number of amides is 1. The number of carbonyl (C=O) groups excluding carboxylic acids is 1. The van der Waals surface area contributed by atoms with Gasteiger partial charge < -0.3 is 10.6 Å². The first-order valence-corrected chi connectivity index (χ1v) is 6.68. The molecule has 5 heteroatoms. The maximum atomic E-state index is 12.4. The van der Waals surface area contributed by atoms with Crippen molar-refractivity contribution in [2.45, 2.75) is 6.54 Å². The van der Waals surface area contributed by atoms with E-state index in [1.54, 1.807) is 48.3 Å². The summed E-state index contributed by atoms with van der Waals surface area (Å²) in [6.07, 6.45) is 0. The molecule has 0 fully saturated rings. The lowest BCUT2D eigenvalue weighted by molar-refractivity contribution is 0.0785. The molecule has 0 aliphatic carbocycles. The SMILES string of the molecule is CN(Cc1cccc(C#N)c1)C(=O)c1ccc(N)cc1Cl. The predicted octanol–water partition coefficient (Wildman–Crippen LogP) is 3.07. The Morgan fingerprint density at radius 2 is 2.10 bits per heavy atom. The highest BCUT2D eigenvalue weighted by Crippen LogP contribution is 2.21. The molecular formula is C16H14ClN3O. The minimum Gasteiger partial charge on any atom is -0.399 e. The number of nitriles is 1. The van der Waals surface area contributed by atoms with Crippen molar-refractivity contribution < 1.29 is 4.79 Å². The third-order valence-electron chi connectivity index (χ3n) is 3.05. The molecule has 0 spiro atoms. The van der Waals surface area contributed by atoms with Crippen LogP contribution in [0.1, 0.15) is 21.5 Å². The molecule has 0 saturated heterocycles. The number of nitrogens with two attached hydrogens (primary N) is 1. The number of rotatable bonds is 3. The molecule has 0 aliphatic heterocycles. The van der Waals surface area contributed by atoms with Gasteiger partial charge in [-0.15, -0.1) is 0 Å². The van der Waals surface area contributed by atoms with Crippen LogP contribution in [0.5, 0.6) is 0 Å². The van der Waals surface area contributed by atoms with Gasteiger partial charge in [-0.25, -0.2) is 0 Å². The van der Waals surface area contributed by atoms with E-state index < -0.39 is 0 Å². The lowest BCUT2D eigenvalue weighted by Crippen LogP contribution is -2.26. The summed E-state index contributed by atoms with van der Waals surface area (Å²) in [4.78, 5) is 13.9. The molecule has 106 valence electrons. The summed E-state index contributed by atoms with van der Waals surface area (Å²) in [6.45, 7) is 0.398. The van der Waals surface area contributed by atoms with Crippen LogP contribution in [0.15, 0.2) is 42.5 Å². The van der Waals surface area contributed by atoms with Gasteiger partial charge in [-0.3, -0.25) is 4.79 Å². The van der Waals surface area contributed by atoms with E-state index in [1.165, 1.54) is 0 Å². The van der Waals surface area contributed by atoms with Crippen LogP contribution in [-0.4, -0.2) is 17.9 Å².